The molecule has 0 unspecified atom stereocenters. The van der Waals surface area contributed by atoms with Gasteiger partial charge in [-0.2, -0.15) is 0 Å². The highest BCUT2D eigenvalue weighted by molar-refractivity contribution is 5.91. The first-order valence-electron chi connectivity index (χ1n) is 11.2. The van der Waals surface area contributed by atoms with E-state index in [1.165, 1.54) is 24.8 Å². The molecule has 1 aliphatic heterocycles. The van der Waals surface area contributed by atoms with Crippen molar-refractivity contribution in [2.24, 2.45) is 0 Å². The van der Waals surface area contributed by atoms with Crippen LogP contribution < -0.4 is 5.32 Å². The molecule has 1 aromatic carbocycles. The summed E-state index contributed by atoms with van der Waals surface area (Å²) in [4.78, 5) is 15.1. The molecule has 29 heavy (non-hydrogen) atoms. The Kier molecular flexibility index (Phi) is 6.65. The van der Waals surface area contributed by atoms with Crippen molar-refractivity contribution in [1.82, 2.24) is 15.4 Å². The molecule has 4 rings (SSSR count). The minimum Gasteiger partial charge on any atom is -0.351 e. The third-order valence-corrected chi connectivity index (χ3v) is 6.52. The highest BCUT2D eigenvalue weighted by atomic mass is 16.5. The van der Waals surface area contributed by atoms with Crippen LogP contribution in [0.15, 0.2) is 40.9 Å². The fraction of sp³-hybridized carbons (Fsp3) is 0.583. The number of nitrogens with one attached hydrogen (secondary N) is 1. The van der Waals surface area contributed by atoms with E-state index in [2.05, 4.69) is 52.6 Å². The maximum atomic E-state index is 12.5. The number of carbonyl (C=O) groups is 1. The largest absolute Gasteiger partial charge is 0.351 e. The molecule has 0 spiro atoms. The Balaban J connectivity index is 1.33. The number of hydrogen-bond acceptors (Lipinski definition) is 4. The maximum Gasteiger partial charge on any atom is 0.290 e. The summed E-state index contributed by atoms with van der Waals surface area (Å²) in [6.45, 7) is 5.45. The van der Waals surface area contributed by atoms with E-state index < -0.39 is 0 Å². The van der Waals surface area contributed by atoms with Crippen LogP contribution in [-0.2, 0) is 0 Å². The number of amides is 1. The van der Waals surface area contributed by atoms with E-state index >= 15 is 0 Å². The Morgan fingerprint density at radius 3 is 2.76 bits per heavy atom. The van der Waals surface area contributed by atoms with Crippen LogP contribution in [0.4, 0.5) is 0 Å². The zero-order chi connectivity index (χ0) is 20.1. The zero-order valence-corrected chi connectivity index (χ0v) is 17.5. The average molecular weight is 396 g/mol. The Bertz CT molecular complexity index is 782. The number of nitrogens with zero attached hydrogens (tertiary/aromatic N) is 2. The van der Waals surface area contributed by atoms with E-state index in [4.69, 9.17) is 4.52 Å². The van der Waals surface area contributed by atoms with Gasteiger partial charge in [0.25, 0.3) is 5.91 Å². The van der Waals surface area contributed by atoms with Crippen LogP contribution in [0.3, 0.4) is 0 Å². The number of rotatable bonds is 6. The Labute approximate surface area is 173 Å². The molecule has 1 N–H and O–H groups in total. The van der Waals surface area contributed by atoms with Crippen molar-refractivity contribution in [3.05, 3.63) is 53.4 Å². The Morgan fingerprint density at radius 2 is 1.97 bits per heavy atom. The van der Waals surface area contributed by atoms with Crippen molar-refractivity contribution in [3.63, 3.8) is 0 Å². The summed E-state index contributed by atoms with van der Waals surface area (Å²) < 4.78 is 5.43. The van der Waals surface area contributed by atoms with Gasteiger partial charge in [0.2, 0.25) is 5.76 Å². The molecule has 1 aromatic heterocycles. The van der Waals surface area contributed by atoms with Crippen LogP contribution in [0, 0.1) is 0 Å². The molecule has 0 radical (unpaired) electrons. The van der Waals surface area contributed by atoms with Crippen molar-refractivity contribution in [1.29, 1.82) is 0 Å². The molecule has 1 amide bonds. The van der Waals surface area contributed by atoms with E-state index in [1.54, 1.807) is 0 Å². The van der Waals surface area contributed by atoms with Gasteiger partial charge in [-0.1, -0.05) is 61.7 Å². The van der Waals surface area contributed by atoms with Crippen LogP contribution >= 0.6 is 0 Å². The lowest BCUT2D eigenvalue weighted by Crippen LogP contribution is -2.37. The number of likely N-dealkylation sites (tertiary alicyclic amines) is 1. The van der Waals surface area contributed by atoms with Gasteiger partial charge in [0.15, 0.2) is 0 Å². The second kappa shape index (κ2) is 9.57. The molecule has 5 heteroatoms. The van der Waals surface area contributed by atoms with Gasteiger partial charge in [0, 0.05) is 31.1 Å². The number of carbonyl (C=O) groups excluding carboxylic acids is 1. The normalized spacial score (nSPS) is 22.3. The Morgan fingerprint density at radius 1 is 1.17 bits per heavy atom. The molecule has 2 atom stereocenters. The van der Waals surface area contributed by atoms with Gasteiger partial charge in [0.1, 0.15) is 0 Å². The van der Waals surface area contributed by atoms with E-state index in [-0.39, 0.29) is 11.9 Å². The van der Waals surface area contributed by atoms with E-state index in [1.807, 2.05) is 6.07 Å². The number of piperidine rings is 1. The van der Waals surface area contributed by atoms with E-state index in [0.29, 0.717) is 17.6 Å². The summed E-state index contributed by atoms with van der Waals surface area (Å²) in [5.74, 6) is 1.09. The summed E-state index contributed by atoms with van der Waals surface area (Å²) in [6, 6.07) is 12.9. The summed E-state index contributed by atoms with van der Waals surface area (Å²) in [5, 5.41) is 7.38. The molecule has 5 nitrogen and oxygen atoms in total. The fourth-order valence-corrected chi connectivity index (χ4v) is 4.83. The topological polar surface area (TPSA) is 58.4 Å². The number of hydrogen-bond donors (Lipinski definition) is 1. The third-order valence-electron chi connectivity index (χ3n) is 6.52. The lowest BCUT2D eigenvalue weighted by Gasteiger charge is -2.33. The number of aromatic nitrogens is 1. The molecule has 0 bridgehead atoms. The van der Waals surface area contributed by atoms with Gasteiger partial charge in [0.05, 0.1) is 5.69 Å². The molecule has 2 aliphatic rings. The second-order valence-electron chi connectivity index (χ2n) is 8.83. The SMILES string of the molecule is C[C@H](CN1CCC[C@@H](c2cc(C(=O)NC3CCCCC3)on2)C1)c1ccccc1. The molecule has 2 aromatic rings. The van der Waals surface area contributed by atoms with Gasteiger partial charge in [-0.15, -0.1) is 0 Å². The first-order valence-corrected chi connectivity index (χ1v) is 11.2. The lowest BCUT2D eigenvalue weighted by atomic mass is 9.92. The predicted octanol–water partition coefficient (Wildman–Crippen LogP) is 4.72. The van der Waals surface area contributed by atoms with E-state index in [0.717, 1.165) is 51.0 Å². The molecule has 156 valence electrons. The summed E-state index contributed by atoms with van der Waals surface area (Å²) in [5.41, 5.74) is 2.31. The van der Waals surface area contributed by atoms with Crippen molar-refractivity contribution in [2.75, 3.05) is 19.6 Å². The summed E-state index contributed by atoms with van der Waals surface area (Å²) in [7, 11) is 0. The molecule has 1 aliphatic carbocycles. The van der Waals surface area contributed by atoms with Gasteiger partial charge in [-0.25, -0.2) is 0 Å². The summed E-state index contributed by atoms with van der Waals surface area (Å²) >= 11 is 0. The van der Waals surface area contributed by atoms with Crippen molar-refractivity contribution in [2.45, 2.75) is 69.7 Å². The molecular formula is C24H33N3O2. The average Bonchev–Trinajstić information content (AvgIpc) is 3.26. The van der Waals surface area contributed by atoms with Crippen LogP contribution in [-0.4, -0.2) is 41.6 Å². The Hall–Kier alpha value is -2.14. The van der Waals surface area contributed by atoms with Gasteiger partial charge >= 0.3 is 0 Å². The van der Waals surface area contributed by atoms with E-state index in [9.17, 15) is 4.79 Å². The quantitative estimate of drug-likeness (QED) is 0.769. The van der Waals surface area contributed by atoms with Gasteiger partial charge in [-0.3, -0.25) is 4.79 Å². The molecular weight excluding hydrogens is 362 g/mol. The molecule has 2 fully saturated rings. The predicted molar refractivity (Wildman–Crippen MR) is 114 cm³/mol. The highest BCUT2D eigenvalue weighted by Gasteiger charge is 2.27. The minimum absolute atomic E-state index is 0.110. The van der Waals surface area contributed by atoms with Crippen molar-refractivity contribution in [3.8, 4) is 0 Å². The van der Waals surface area contributed by atoms with Crippen LogP contribution in [0.25, 0.3) is 0 Å². The molecule has 1 saturated heterocycles. The van der Waals surface area contributed by atoms with Gasteiger partial charge < -0.3 is 14.7 Å². The lowest BCUT2D eigenvalue weighted by molar-refractivity contribution is 0.0890. The first kappa shape index (κ1) is 20.1. The van der Waals surface area contributed by atoms with Crippen LogP contribution in [0.1, 0.15) is 85.5 Å². The van der Waals surface area contributed by atoms with Crippen LogP contribution in [0.2, 0.25) is 0 Å². The zero-order valence-electron chi connectivity index (χ0n) is 17.5. The fourth-order valence-electron chi connectivity index (χ4n) is 4.83. The monoisotopic (exact) mass is 395 g/mol. The van der Waals surface area contributed by atoms with Crippen molar-refractivity contribution < 1.29 is 9.32 Å². The minimum atomic E-state index is -0.110. The van der Waals surface area contributed by atoms with Crippen LogP contribution in [0.5, 0.6) is 0 Å². The second-order valence-corrected chi connectivity index (χ2v) is 8.83. The van der Waals surface area contributed by atoms with Gasteiger partial charge in [-0.05, 0) is 43.7 Å². The standard InChI is InChI=1S/C24H33N3O2/c1-18(19-9-4-2-5-10-19)16-27-14-8-11-20(17-27)22-15-23(29-26-22)24(28)25-21-12-6-3-7-13-21/h2,4-5,9-10,15,18,20-21H,3,6-8,11-14,16-17H2,1H3,(H,25,28)/t18-,20-/m1/s1. The third kappa shape index (κ3) is 5.27. The first-order chi connectivity index (χ1) is 14.2. The maximum absolute atomic E-state index is 12.5. The smallest absolute Gasteiger partial charge is 0.290 e. The summed E-state index contributed by atoms with van der Waals surface area (Å²) in [6.07, 6.45) is 8.08. The molecule has 1 saturated carbocycles. The molecule has 2 heterocycles. The highest BCUT2D eigenvalue weighted by Crippen LogP contribution is 2.28. The number of benzene rings is 1. The van der Waals surface area contributed by atoms with Crippen molar-refractivity contribution >= 4 is 5.91 Å².